The van der Waals surface area contributed by atoms with E-state index in [4.69, 9.17) is 15.3 Å². The number of carbonyl (C=O) groups excluding carboxylic acids is 1. The molecular formula is C23H21F2N3O3. The fourth-order valence-corrected chi connectivity index (χ4v) is 2.60. The number of benzene rings is 3. The lowest BCUT2D eigenvalue weighted by Gasteiger charge is -2.13. The van der Waals surface area contributed by atoms with Gasteiger partial charge in [0.25, 0.3) is 5.91 Å². The number of hydrogen-bond donors (Lipinski definition) is 2. The van der Waals surface area contributed by atoms with Gasteiger partial charge in [-0.25, -0.2) is 8.78 Å². The van der Waals surface area contributed by atoms with Crippen LogP contribution in [0.2, 0.25) is 0 Å². The van der Waals surface area contributed by atoms with E-state index in [0.29, 0.717) is 24.0 Å². The summed E-state index contributed by atoms with van der Waals surface area (Å²) in [6, 6.07) is 19.5. The van der Waals surface area contributed by atoms with Gasteiger partial charge >= 0.3 is 0 Å². The molecule has 3 rings (SSSR count). The van der Waals surface area contributed by atoms with Crippen molar-refractivity contribution in [1.82, 2.24) is 0 Å². The maximum atomic E-state index is 13.7. The number of amidine groups is 1. The second kappa shape index (κ2) is 10.2. The molecule has 3 aromatic carbocycles. The van der Waals surface area contributed by atoms with E-state index in [0.717, 1.165) is 17.7 Å². The summed E-state index contributed by atoms with van der Waals surface area (Å²) in [6.07, 6.45) is -1.08. The van der Waals surface area contributed by atoms with Crippen molar-refractivity contribution in [2.45, 2.75) is 19.6 Å². The molecule has 0 aliphatic carbocycles. The van der Waals surface area contributed by atoms with Gasteiger partial charge in [-0.05, 0) is 36.8 Å². The van der Waals surface area contributed by atoms with Crippen LogP contribution < -0.4 is 15.8 Å². The van der Waals surface area contributed by atoms with E-state index in [2.05, 4.69) is 10.5 Å². The Morgan fingerprint density at radius 1 is 1.06 bits per heavy atom. The highest BCUT2D eigenvalue weighted by Crippen LogP contribution is 2.20. The fraction of sp³-hybridized carbons (Fsp3) is 0.130. The Morgan fingerprint density at radius 2 is 1.77 bits per heavy atom. The molecule has 0 aliphatic heterocycles. The Labute approximate surface area is 178 Å². The first-order valence-electron chi connectivity index (χ1n) is 9.45. The van der Waals surface area contributed by atoms with E-state index >= 15 is 0 Å². The molecular weight excluding hydrogens is 404 g/mol. The van der Waals surface area contributed by atoms with Crippen molar-refractivity contribution in [3.8, 4) is 5.75 Å². The van der Waals surface area contributed by atoms with E-state index in [1.54, 1.807) is 24.3 Å². The number of amides is 1. The van der Waals surface area contributed by atoms with Gasteiger partial charge in [-0.1, -0.05) is 47.6 Å². The van der Waals surface area contributed by atoms with Gasteiger partial charge in [0, 0.05) is 6.07 Å². The predicted molar refractivity (Wildman–Crippen MR) is 113 cm³/mol. The number of para-hydroxylation sites is 1. The molecule has 0 heterocycles. The number of nitrogens with two attached hydrogens (primary N) is 1. The molecule has 0 spiro atoms. The average molecular weight is 425 g/mol. The maximum absolute atomic E-state index is 13.7. The smallest absolute Gasteiger partial charge is 0.268 e. The first-order chi connectivity index (χ1) is 14.9. The molecule has 31 heavy (non-hydrogen) atoms. The van der Waals surface area contributed by atoms with Gasteiger partial charge in [0.1, 0.15) is 24.0 Å². The van der Waals surface area contributed by atoms with Crippen LogP contribution >= 0.6 is 0 Å². The number of anilines is 1. The van der Waals surface area contributed by atoms with E-state index in [-0.39, 0.29) is 11.5 Å². The van der Waals surface area contributed by atoms with Crippen LogP contribution in [0.15, 0.2) is 78.0 Å². The second-order valence-electron chi connectivity index (χ2n) is 6.61. The van der Waals surface area contributed by atoms with Crippen LogP contribution in [-0.4, -0.2) is 17.8 Å². The third-order valence-corrected chi connectivity index (χ3v) is 4.27. The summed E-state index contributed by atoms with van der Waals surface area (Å²) in [5.74, 6) is -1.80. The topological polar surface area (TPSA) is 85.9 Å². The Kier molecular flexibility index (Phi) is 7.16. The molecule has 1 atom stereocenters. The van der Waals surface area contributed by atoms with Crippen LogP contribution in [0.1, 0.15) is 18.1 Å². The minimum Gasteiger partial charge on any atom is -0.488 e. The Balaban J connectivity index is 1.63. The van der Waals surface area contributed by atoms with Crippen molar-refractivity contribution in [3.05, 3.63) is 95.6 Å². The Hall–Kier alpha value is -3.94. The van der Waals surface area contributed by atoms with Crippen LogP contribution in [-0.2, 0) is 16.2 Å². The number of oxime groups is 1. The molecule has 8 heteroatoms. The maximum Gasteiger partial charge on any atom is 0.268 e. The van der Waals surface area contributed by atoms with Gasteiger partial charge in [-0.3, -0.25) is 4.79 Å². The van der Waals surface area contributed by atoms with Crippen molar-refractivity contribution >= 4 is 17.4 Å². The van der Waals surface area contributed by atoms with Crippen molar-refractivity contribution in [2.75, 3.05) is 5.32 Å². The van der Waals surface area contributed by atoms with Crippen molar-refractivity contribution in [3.63, 3.8) is 0 Å². The molecule has 160 valence electrons. The highest BCUT2D eigenvalue weighted by atomic mass is 19.1. The summed E-state index contributed by atoms with van der Waals surface area (Å²) < 4.78 is 32.5. The standard InChI is InChI=1S/C23H21F2N3O3/c1-15(23(29)27-20-12-11-17(24)13-19(20)25)31-28-22(26)18-9-5-6-10-21(18)30-14-16-7-3-2-4-8-16/h2-13,15H,14H2,1H3,(H2,26,28)(H,27,29). The number of nitrogens with zero attached hydrogens (tertiary/aromatic N) is 1. The minimum atomic E-state index is -1.08. The normalized spacial score (nSPS) is 12.2. The number of hydrogen-bond acceptors (Lipinski definition) is 4. The molecule has 1 unspecified atom stereocenters. The van der Waals surface area contributed by atoms with Gasteiger partial charge in [-0.2, -0.15) is 0 Å². The first kappa shape index (κ1) is 21.8. The van der Waals surface area contributed by atoms with Gasteiger partial charge in [-0.15, -0.1) is 0 Å². The van der Waals surface area contributed by atoms with Crippen LogP contribution in [0.5, 0.6) is 5.75 Å². The third-order valence-electron chi connectivity index (χ3n) is 4.27. The zero-order valence-corrected chi connectivity index (χ0v) is 16.7. The molecule has 0 saturated heterocycles. The molecule has 0 aromatic heterocycles. The summed E-state index contributed by atoms with van der Waals surface area (Å²) in [5, 5.41) is 6.12. The van der Waals surface area contributed by atoms with Gasteiger partial charge < -0.3 is 20.6 Å². The van der Waals surface area contributed by atoms with Gasteiger partial charge in [0.2, 0.25) is 6.10 Å². The summed E-state index contributed by atoms with van der Waals surface area (Å²) in [5.41, 5.74) is 7.33. The Morgan fingerprint density at radius 3 is 2.52 bits per heavy atom. The summed E-state index contributed by atoms with van der Waals surface area (Å²) in [4.78, 5) is 17.4. The summed E-state index contributed by atoms with van der Waals surface area (Å²) >= 11 is 0. The second-order valence-corrected chi connectivity index (χ2v) is 6.61. The molecule has 0 radical (unpaired) electrons. The summed E-state index contributed by atoms with van der Waals surface area (Å²) in [6.45, 7) is 1.76. The zero-order valence-electron chi connectivity index (χ0n) is 16.7. The average Bonchev–Trinajstić information content (AvgIpc) is 2.78. The zero-order chi connectivity index (χ0) is 22.2. The van der Waals surface area contributed by atoms with Gasteiger partial charge in [0.05, 0.1) is 11.3 Å². The lowest BCUT2D eigenvalue weighted by Crippen LogP contribution is -2.28. The van der Waals surface area contributed by atoms with Crippen molar-refractivity contribution in [1.29, 1.82) is 0 Å². The predicted octanol–water partition coefficient (Wildman–Crippen LogP) is 4.21. The van der Waals surface area contributed by atoms with Crippen molar-refractivity contribution in [2.24, 2.45) is 10.9 Å². The highest BCUT2D eigenvalue weighted by Gasteiger charge is 2.17. The number of carbonyl (C=O) groups is 1. The largest absolute Gasteiger partial charge is 0.488 e. The van der Waals surface area contributed by atoms with E-state index < -0.39 is 23.6 Å². The third kappa shape index (κ3) is 6.02. The Bertz CT molecular complexity index is 1070. The number of rotatable bonds is 8. The number of ether oxygens (including phenoxy) is 1. The number of nitrogens with one attached hydrogen (secondary N) is 1. The molecule has 0 saturated carbocycles. The van der Waals surface area contributed by atoms with E-state index in [1.807, 2.05) is 30.3 Å². The molecule has 1 amide bonds. The molecule has 0 aliphatic rings. The summed E-state index contributed by atoms with van der Waals surface area (Å²) in [7, 11) is 0. The van der Waals surface area contributed by atoms with E-state index in [9.17, 15) is 13.6 Å². The lowest BCUT2D eigenvalue weighted by molar-refractivity contribution is -0.126. The van der Waals surface area contributed by atoms with Gasteiger partial charge in [0.15, 0.2) is 5.84 Å². The van der Waals surface area contributed by atoms with Crippen LogP contribution in [0.3, 0.4) is 0 Å². The number of halogens is 2. The molecule has 0 fully saturated rings. The molecule has 6 nitrogen and oxygen atoms in total. The molecule has 0 bridgehead atoms. The fourth-order valence-electron chi connectivity index (χ4n) is 2.60. The van der Waals surface area contributed by atoms with Crippen LogP contribution in [0.25, 0.3) is 0 Å². The van der Waals surface area contributed by atoms with Crippen LogP contribution in [0, 0.1) is 11.6 Å². The lowest BCUT2D eigenvalue weighted by atomic mass is 10.2. The molecule has 3 N–H and O–H groups in total. The quantitative estimate of drug-likeness (QED) is 0.322. The monoisotopic (exact) mass is 425 g/mol. The highest BCUT2D eigenvalue weighted by molar-refractivity contribution is 5.99. The van der Waals surface area contributed by atoms with Crippen LogP contribution in [0.4, 0.5) is 14.5 Å². The van der Waals surface area contributed by atoms with E-state index in [1.165, 1.54) is 6.92 Å². The molecule has 3 aromatic rings. The minimum absolute atomic E-state index is 0.0104. The van der Waals surface area contributed by atoms with Crippen molar-refractivity contribution < 1.29 is 23.1 Å². The SMILES string of the molecule is CC(O/N=C(/N)c1ccccc1OCc1ccccc1)C(=O)Nc1ccc(F)cc1F. The first-order valence-corrected chi connectivity index (χ1v) is 9.45.